The fourth-order valence-corrected chi connectivity index (χ4v) is 4.44. The molecule has 1 aromatic heterocycles. The maximum absolute atomic E-state index is 13.6. The van der Waals surface area contributed by atoms with E-state index in [1.165, 1.54) is 11.3 Å². The van der Waals surface area contributed by atoms with Gasteiger partial charge in [-0.15, -0.1) is 0 Å². The molecule has 0 aliphatic carbocycles. The molecule has 1 aliphatic rings. The fraction of sp³-hybridized carbons (Fsp3) is 0.444. The molecule has 7 heteroatoms. The Hall–Kier alpha value is -3.35. The van der Waals surface area contributed by atoms with Crippen LogP contribution in [0.4, 0.5) is 5.69 Å². The summed E-state index contributed by atoms with van der Waals surface area (Å²) in [4.78, 5) is 22.4. The second-order valence-electron chi connectivity index (χ2n) is 9.47. The Labute approximate surface area is 201 Å². The molecular weight excluding hydrogens is 428 g/mol. The van der Waals surface area contributed by atoms with Crippen LogP contribution in [0.2, 0.25) is 0 Å². The fourth-order valence-electron chi connectivity index (χ4n) is 4.44. The SMILES string of the molecule is COc1ccc(-c2noc(CN(CC(C)C)C(=O)[C@@H]3CCCN(c4ccc(C)cc4)C3)n2)cc1. The molecule has 1 aliphatic heterocycles. The molecule has 1 amide bonds. The number of methoxy groups -OCH3 is 1. The van der Waals surface area contributed by atoms with Gasteiger partial charge < -0.3 is 19.1 Å². The van der Waals surface area contributed by atoms with Gasteiger partial charge in [-0.3, -0.25) is 4.79 Å². The van der Waals surface area contributed by atoms with Crippen LogP contribution in [0.25, 0.3) is 11.4 Å². The van der Waals surface area contributed by atoms with Crippen molar-refractivity contribution in [2.24, 2.45) is 11.8 Å². The van der Waals surface area contributed by atoms with Crippen molar-refractivity contribution in [3.63, 3.8) is 0 Å². The van der Waals surface area contributed by atoms with Gasteiger partial charge in [0.2, 0.25) is 17.6 Å². The molecule has 0 N–H and O–H groups in total. The Balaban J connectivity index is 1.46. The summed E-state index contributed by atoms with van der Waals surface area (Å²) < 4.78 is 10.7. The molecule has 0 radical (unpaired) electrons. The second-order valence-corrected chi connectivity index (χ2v) is 9.47. The van der Waals surface area contributed by atoms with E-state index in [-0.39, 0.29) is 11.8 Å². The van der Waals surface area contributed by atoms with Gasteiger partial charge in [-0.1, -0.05) is 36.7 Å². The van der Waals surface area contributed by atoms with Gasteiger partial charge >= 0.3 is 0 Å². The van der Waals surface area contributed by atoms with Crippen LogP contribution in [0.1, 0.15) is 38.1 Å². The number of aromatic nitrogens is 2. The van der Waals surface area contributed by atoms with Crippen molar-refractivity contribution >= 4 is 11.6 Å². The third-order valence-corrected chi connectivity index (χ3v) is 6.21. The second kappa shape index (κ2) is 10.7. The first-order valence-electron chi connectivity index (χ1n) is 12.0. The summed E-state index contributed by atoms with van der Waals surface area (Å²) in [6.07, 6.45) is 1.90. The number of anilines is 1. The number of aryl methyl sites for hydroxylation is 1. The van der Waals surface area contributed by atoms with Gasteiger partial charge in [-0.05, 0) is 62.1 Å². The van der Waals surface area contributed by atoms with Crippen molar-refractivity contribution in [1.82, 2.24) is 15.0 Å². The monoisotopic (exact) mass is 462 g/mol. The van der Waals surface area contributed by atoms with E-state index in [0.29, 0.717) is 30.7 Å². The summed E-state index contributed by atoms with van der Waals surface area (Å²) in [5, 5.41) is 4.13. The minimum absolute atomic E-state index is 0.0437. The van der Waals surface area contributed by atoms with Gasteiger partial charge in [0.15, 0.2) is 0 Å². The summed E-state index contributed by atoms with van der Waals surface area (Å²) >= 11 is 0. The number of carbonyl (C=O) groups excluding carboxylic acids is 1. The summed E-state index contributed by atoms with van der Waals surface area (Å²) in [6, 6.07) is 16.1. The maximum atomic E-state index is 13.6. The zero-order valence-electron chi connectivity index (χ0n) is 20.5. The minimum Gasteiger partial charge on any atom is -0.497 e. The molecule has 2 aromatic carbocycles. The Kier molecular flexibility index (Phi) is 7.50. The van der Waals surface area contributed by atoms with E-state index in [9.17, 15) is 4.79 Å². The Morgan fingerprint density at radius 1 is 1.18 bits per heavy atom. The molecule has 4 rings (SSSR count). The van der Waals surface area contributed by atoms with Crippen LogP contribution < -0.4 is 9.64 Å². The highest BCUT2D eigenvalue weighted by atomic mass is 16.5. The smallest absolute Gasteiger partial charge is 0.246 e. The molecule has 7 nitrogen and oxygen atoms in total. The van der Waals surface area contributed by atoms with Gasteiger partial charge in [0.25, 0.3) is 0 Å². The van der Waals surface area contributed by atoms with Gasteiger partial charge in [0, 0.05) is 30.9 Å². The molecule has 0 unspecified atom stereocenters. The average molecular weight is 463 g/mol. The molecule has 180 valence electrons. The van der Waals surface area contributed by atoms with Gasteiger partial charge in [-0.25, -0.2) is 0 Å². The van der Waals surface area contributed by atoms with E-state index in [4.69, 9.17) is 9.26 Å². The van der Waals surface area contributed by atoms with Crippen molar-refractivity contribution in [3.05, 3.63) is 60.0 Å². The number of rotatable bonds is 8. The van der Waals surface area contributed by atoms with Crippen LogP contribution in [0.15, 0.2) is 53.1 Å². The predicted molar refractivity (Wildman–Crippen MR) is 133 cm³/mol. The first-order chi connectivity index (χ1) is 16.4. The summed E-state index contributed by atoms with van der Waals surface area (Å²) in [5.74, 6) is 2.19. The highest BCUT2D eigenvalue weighted by Crippen LogP contribution is 2.26. The van der Waals surface area contributed by atoms with Crippen LogP contribution in [-0.2, 0) is 11.3 Å². The molecule has 34 heavy (non-hydrogen) atoms. The van der Waals surface area contributed by atoms with Crippen molar-refractivity contribution in [1.29, 1.82) is 0 Å². The number of nitrogens with zero attached hydrogens (tertiary/aromatic N) is 4. The van der Waals surface area contributed by atoms with Crippen LogP contribution >= 0.6 is 0 Å². The van der Waals surface area contributed by atoms with E-state index >= 15 is 0 Å². The van der Waals surface area contributed by atoms with Crippen LogP contribution in [-0.4, -0.2) is 47.7 Å². The summed E-state index contributed by atoms with van der Waals surface area (Å²) in [6.45, 7) is 9.02. The molecule has 0 saturated carbocycles. The summed E-state index contributed by atoms with van der Waals surface area (Å²) in [7, 11) is 1.63. The molecule has 1 saturated heterocycles. The van der Waals surface area contributed by atoms with Crippen LogP contribution in [0, 0.1) is 18.8 Å². The lowest BCUT2D eigenvalue weighted by molar-refractivity contribution is -0.137. The van der Waals surface area contributed by atoms with E-state index in [1.54, 1.807) is 7.11 Å². The number of carbonyl (C=O) groups is 1. The molecule has 2 heterocycles. The van der Waals surface area contributed by atoms with Crippen LogP contribution in [0.3, 0.4) is 0 Å². The Morgan fingerprint density at radius 3 is 2.59 bits per heavy atom. The molecule has 1 atom stereocenters. The number of ether oxygens (including phenoxy) is 1. The molecule has 1 fully saturated rings. The number of hydrogen-bond acceptors (Lipinski definition) is 6. The lowest BCUT2D eigenvalue weighted by Gasteiger charge is -2.36. The normalized spacial score (nSPS) is 16.0. The van der Waals surface area contributed by atoms with Crippen molar-refractivity contribution in [2.45, 2.75) is 40.2 Å². The highest BCUT2D eigenvalue weighted by Gasteiger charge is 2.31. The molecule has 0 bridgehead atoms. The average Bonchev–Trinajstić information content (AvgIpc) is 3.32. The van der Waals surface area contributed by atoms with E-state index in [0.717, 1.165) is 37.2 Å². The van der Waals surface area contributed by atoms with Gasteiger partial charge in [0.05, 0.1) is 13.0 Å². The van der Waals surface area contributed by atoms with Gasteiger partial charge in [0.1, 0.15) is 12.3 Å². The largest absolute Gasteiger partial charge is 0.497 e. The van der Waals surface area contributed by atoms with Crippen molar-refractivity contribution in [2.75, 3.05) is 31.6 Å². The maximum Gasteiger partial charge on any atom is 0.246 e. The number of benzene rings is 2. The molecular formula is C27H34N4O3. The van der Waals surface area contributed by atoms with E-state index in [2.05, 4.69) is 60.1 Å². The van der Waals surface area contributed by atoms with Crippen LogP contribution in [0.5, 0.6) is 5.75 Å². The number of piperidine rings is 1. The first-order valence-corrected chi connectivity index (χ1v) is 12.0. The standard InChI is InChI=1S/C27H34N4O3/c1-19(2)16-31(18-25-28-26(29-34-25)21-9-13-24(33-4)14-10-21)27(32)22-6-5-15-30(17-22)23-11-7-20(3)8-12-23/h7-14,19,22H,5-6,15-18H2,1-4H3/t22-/m1/s1. The first kappa shape index (κ1) is 23.8. The number of hydrogen-bond donors (Lipinski definition) is 0. The third kappa shape index (κ3) is 5.76. The van der Waals surface area contributed by atoms with Crippen molar-refractivity contribution < 1.29 is 14.1 Å². The van der Waals surface area contributed by atoms with Crippen molar-refractivity contribution in [3.8, 4) is 17.1 Å². The Bertz CT molecular complexity index is 1080. The lowest BCUT2D eigenvalue weighted by Crippen LogP contribution is -2.45. The third-order valence-electron chi connectivity index (χ3n) is 6.21. The van der Waals surface area contributed by atoms with E-state index < -0.39 is 0 Å². The Morgan fingerprint density at radius 2 is 1.91 bits per heavy atom. The topological polar surface area (TPSA) is 71.7 Å². The quantitative estimate of drug-likeness (QED) is 0.471. The van der Waals surface area contributed by atoms with E-state index in [1.807, 2.05) is 29.2 Å². The number of amides is 1. The van der Waals surface area contributed by atoms with Gasteiger partial charge in [-0.2, -0.15) is 4.98 Å². The molecule has 0 spiro atoms. The highest BCUT2D eigenvalue weighted by molar-refractivity contribution is 5.79. The zero-order valence-corrected chi connectivity index (χ0v) is 20.5. The zero-order chi connectivity index (χ0) is 24.1. The summed E-state index contributed by atoms with van der Waals surface area (Å²) in [5.41, 5.74) is 3.27. The minimum atomic E-state index is -0.0437. The lowest BCUT2D eigenvalue weighted by atomic mass is 9.95. The molecule has 3 aromatic rings. The predicted octanol–water partition coefficient (Wildman–Crippen LogP) is 4.95.